The zero-order chi connectivity index (χ0) is 13.3. The van der Waals surface area contributed by atoms with Crippen LogP contribution in [0.15, 0.2) is 0 Å². The van der Waals surface area contributed by atoms with Crippen molar-refractivity contribution in [3.8, 4) is 0 Å². The molecule has 0 aromatic heterocycles. The summed E-state index contributed by atoms with van der Waals surface area (Å²) in [5, 5.41) is 0. The van der Waals surface area contributed by atoms with Gasteiger partial charge in [-0.1, -0.05) is 13.3 Å². The fourth-order valence-electron chi connectivity index (χ4n) is 1.59. The molecule has 0 aromatic carbocycles. The third kappa shape index (κ3) is 6.97. The van der Waals surface area contributed by atoms with E-state index in [0.29, 0.717) is 19.6 Å². The molecule has 0 aliphatic heterocycles. The quantitative estimate of drug-likeness (QED) is 0.615. The van der Waals surface area contributed by atoms with Crippen molar-refractivity contribution in [2.75, 3.05) is 13.2 Å². The first-order chi connectivity index (χ1) is 8.02. The molecular formula is C13H25NO3. The molecule has 0 bridgehead atoms. The summed E-state index contributed by atoms with van der Waals surface area (Å²) in [5.41, 5.74) is 0. The van der Waals surface area contributed by atoms with Crippen LogP contribution >= 0.6 is 0 Å². The first kappa shape index (κ1) is 15.9. The van der Waals surface area contributed by atoms with Gasteiger partial charge in [-0.05, 0) is 27.2 Å². The van der Waals surface area contributed by atoms with Gasteiger partial charge in [0.25, 0.3) is 0 Å². The summed E-state index contributed by atoms with van der Waals surface area (Å²) in [4.78, 5) is 24.9. The maximum atomic E-state index is 11.9. The molecule has 0 unspecified atom stereocenters. The molecule has 0 radical (unpaired) electrons. The number of hydrogen-bond donors (Lipinski definition) is 0. The van der Waals surface area contributed by atoms with E-state index in [-0.39, 0.29) is 24.3 Å². The van der Waals surface area contributed by atoms with E-state index in [1.54, 1.807) is 11.8 Å². The molecule has 0 atom stereocenters. The van der Waals surface area contributed by atoms with Gasteiger partial charge in [0.15, 0.2) is 0 Å². The zero-order valence-electron chi connectivity index (χ0n) is 11.5. The summed E-state index contributed by atoms with van der Waals surface area (Å²) in [6.07, 6.45) is 2.76. The highest BCUT2D eigenvalue weighted by atomic mass is 16.5. The lowest BCUT2D eigenvalue weighted by Gasteiger charge is -2.26. The Hall–Kier alpha value is -1.06. The minimum atomic E-state index is -0.235. The van der Waals surface area contributed by atoms with Gasteiger partial charge in [0.05, 0.1) is 13.0 Å². The number of carbonyl (C=O) groups excluding carboxylic acids is 2. The molecule has 0 heterocycles. The Morgan fingerprint density at radius 2 is 1.82 bits per heavy atom. The van der Waals surface area contributed by atoms with Crippen molar-refractivity contribution < 1.29 is 14.3 Å². The van der Waals surface area contributed by atoms with Gasteiger partial charge in [0, 0.05) is 19.0 Å². The second kappa shape index (κ2) is 9.02. The van der Waals surface area contributed by atoms with Crippen LogP contribution in [0.3, 0.4) is 0 Å². The van der Waals surface area contributed by atoms with Crippen molar-refractivity contribution in [1.29, 1.82) is 0 Å². The Kier molecular flexibility index (Phi) is 8.46. The normalized spacial score (nSPS) is 10.4. The van der Waals surface area contributed by atoms with Crippen molar-refractivity contribution in [3.63, 3.8) is 0 Å². The number of carbonyl (C=O) groups is 2. The van der Waals surface area contributed by atoms with Gasteiger partial charge in [-0.2, -0.15) is 0 Å². The first-order valence-corrected chi connectivity index (χ1v) is 6.48. The average Bonchev–Trinajstić information content (AvgIpc) is 2.26. The van der Waals surface area contributed by atoms with Crippen molar-refractivity contribution in [3.05, 3.63) is 0 Å². The van der Waals surface area contributed by atoms with Gasteiger partial charge >= 0.3 is 5.97 Å². The molecule has 1 amide bonds. The summed E-state index contributed by atoms with van der Waals surface area (Å²) < 4.78 is 4.86. The van der Waals surface area contributed by atoms with Gasteiger partial charge in [-0.15, -0.1) is 0 Å². The Labute approximate surface area is 104 Å². The molecule has 0 spiro atoms. The summed E-state index contributed by atoms with van der Waals surface area (Å²) in [6.45, 7) is 8.63. The number of nitrogens with zero attached hydrogens (tertiary/aromatic N) is 1. The van der Waals surface area contributed by atoms with Gasteiger partial charge < -0.3 is 9.64 Å². The van der Waals surface area contributed by atoms with Gasteiger partial charge in [-0.3, -0.25) is 9.59 Å². The standard InChI is InChI=1S/C13H25NO3/c1-5-7-8-12(15)14(11(3)4)10-9-13(16)17-6-2/h11H,5-10H2,1-4H3. The molecule has 17 heavy (non-hydrogen) atoms. The first-order valence-electron chi connectivity index (χ1n) is 6.48. The molecule has 0 N–H and O–H groups in total. The topological polar surface area (TPSA) is 46.6 Å². The Bertz CT molecular complexity index is 239. The summed E-state index contributed by atoms with van der Waals surface area (Å²) in [6, 6.07) is 0.133. The summed E-state index contributed by atoms with van der Waals surface area (Å²) >= 11 is 0. The number of rotatable bonds is 8. The molecule has 0 fully saturated rings. The predicted octanol–water partition coefficient (Wildman–Crippen LogP) is 2.37. The third-order valence-electron chi connectivity index (χ3n) is 2.55. The molecule has 0 aliphatic rings. The van der Waals surface area contributed by atoms with Gasteiger partial charge in [-0.25, -0.2) is 0 Å². The van der Waals surface area contributed by atoms with Crippen molar-refractivity contribution >= 4 is 11.9 Å². The highest BCUT2D eigenvalue weighted by molar-refractivity contribution is 5.77. The van der Waals surface area contributed by atoms with E-state index in [4.69, 9.17) is 4.74 Å². The maximum Gasteiger partial charge on any atom is 0.307 e. The minimum absolute atomic E-state index is 0.131. The van der Waals surface area contributed by atoms with Crippen molar-refractivity contribution in [2.45, 2.75) is 59.4 Å². The zero-order valence-corrected chi connectivity index (χ0v) is 11.5. The fourth-order valence-corrected chi connectivity index (χ4v) is 1.59. The third-order valence-corrected chi connectivity index (χ3v) is 2.55. The molecule has 0 saturated carbocycles. The van der Waals surface area contributed by atoms with Crippen LogP contribution in [0.4, 0.5) is 0 Å². The monoisotopic (exact) mass is 243 g/mol. The molecule has 0 aromatic rings. The molecular weight excluding hydrogens is 218 g/mol. The number of amides is 1. The molecule has 4 heteroatoms. The van der Waals surface area contributed by atoms with Crippen LogP contribution in [0.1, 0.15) is 53.4 Å². The van der Waals surface area contributed by atoms with Gasteiger partial charge in [0.1, 0.15) is 0 Å². The van der Waals surface area contributed by atoms with Crippen molar-refractivity contribution in [1.82, 2.24) is 4.90 Å². The Morgan fingerprint density at radius 3 is 2.29 bits per heavy atom. The molecule has 4 nitrogen and oxygen atoms in total. The maximum absolute atomic E-state index is 11.9. The number of hydrogen-bond acceptors (Lipinski definition) is 3. The van der Waals surface area contributed by atoms with E-state index in [1.165, 1.54) is 0 Å². The van der Waals surface area contributed by atoms with Crippen LogP contribution in [-0.4, -0.2) is 36.0 Å². The van der Waals surface area contributed by atoms with Crippen molar-refractivity contribution in [2.24, 2.45) is 0 Å². The van der Waals surface area contributed by atoms with E-state index in [0.717, 1.165) is 12.8 Å². The predicted molar refractivity (Wildman–Crippen MR) is 67.6 cm³/mol. The largest absolute Gasteiger partial charge is 0.466 e. The lowest BCUT2D eigenvalue weighted by Crippen LogP contribution is -2.38. The highest BCUT2D eigenvalue weighted by Gasteiger charge is 2.17. The fraction of sp³-hybridized carbons (Fsp3) is 0.846. The Balaban J connectivity index is 4.15. The lowest BCUT2D eigenvalue weighted by molar-refractivity contribution is -0.144. The van der Waals surface area contributed by atoms with Crippen LogP contribution in [0.25, 0.3) is 0 Å². The summed E-state index contributed by atoms with van der Waals surface area (Å²) in [7, 11) is 0. The summed E-state index contributed by atoms with van der Waals surface area (Å²) in [5.74, 6) is -0.104. The molecule has 0 rings (SSSR count). The number of unbranched alkanes of at least 4 members (excludes halogenated alkanes) is 1. The van der Waals surface area contributed by atoms with Crippen LogP contribution in [0.2, 0.25) is 0 Å². The van der Waals surface area contributed by atoms with E-state index in [9.17, 15) is 9.59 Å². The van der Waals surface area contributed by atoms with Gasteiger partial charge in [0.2, 0.25) is 5.91 Å². The van der Waals surface area contributed by atoms with E-state index in [1.807, 2.05) is 13.8 Å². The van der Waals surface area contributed by atoms with E-state index >= 15 is 0 Å². The second-order valence-electron chi connectivity index (χ2n) is 4.34. The van der Waals surface area contributed by atoms with Crippen LogP contribution < -0.4 is 0 Å². The molecule has 100 valence electrons. The average molecular weight is 243 g/mol. The smallest absolute Gasteiger partial charge is 0.307 e. The number of ether oxygens (including phenoxy) is 1. The lowest BCUT2D eigenvalue weighted by atomic mass is 10.2. The molecule has 0 saturated heterocycles. The second-order valence-corrected chi connectivity index (χ2v) is 4.34. The minimum Gasteiger partial charge on any atom is -0.466 e. The van der Waals surface area contributed by atoms with Crippen LogP contribution in [-0.2, 0) is 14.3 Å². The van der Waals surface area contributed by atoms with E-state index < -0.39 is 0 Å². The SMILES string of the molecule is CCCCC(=O)N(CCC(=O)OCC)C(C)C. The highest BCUT2D eigenvalue weighted by Crippen LogP contribution is 2.06. The number of esters is 1. The van der Waals surface area contributed by atoms with Crippen LogP contribution in [0, 0.1) is 0 Å². The molecule has 0 aliphatic carbocycles. The Morgan fingerprint density at radius 1 is 1.18 bits per heavy atom. The van der Waals surface area contributed by atoms with Crippen LogP contribution in [0.5, 0.6) is 0 Å². The van der Waals surface area contributed by atoms with E-state index in [2.05, 4.69) is 6.92 Å².